The van der Waals surface area contributed by atoms with Crippen LogP contribution < -0.4 is 25.6 Å². The third-order valence-corrected chi connectivity index (χ3v) is 8.22. The summed E-state index contributed by atoms with van der Waals surface area (Å²) in [7, 11) is 3.39. The van der Waals surface area contributed by atoms with Crippen LogP contribution in [0.5, 0.6) is 5.75 Å². The van der Waals surface area contributed by atoms with E-state index in [9.17, 15) is 32.8 Å². The first kappa shape index (κ1) is 33.4. The molecule has 0 spiro atoms. The molecule has 43 heavy (non-hydrogen) atoms. The number of hydrogen-bond acceptors (Lipinski definition) is 8. The predicted molar refractivity (Wildman–Crippen MR) is 160 cm³/mol. The van der Waals surface area contributed by atoms with Gasteiger partial charge in [0.15, 0.2) is 0 Å². The number of anilines is 3. The van der Waals surface area contributed by atoms with Crippen LogP contribution in [0.1, 0.15) is 19.8 Å². The first-order valence-corrected chi connectivity index (χ1v) is 14.6. The molecule has 3 atom stereocenters. The number of nitriles is 1. The second-order valence-corrected chi connectivity index (χ2v) is 11.2. The number of amides is 3. The Bertz CT molecular complexity index is 1320. The van der Waals surface area contributed by atoms with Crippen LogP contribution in [0.2, 0.25) is 0 Å². The fraction of sp³-hybridized carbons (Fsp3) is 0.448. The first-order valence-electron chi connectivity index (χ1n) is 13.6. The normalized spacial score (nSPS) is 17.1. The standard InChI is InChI=1S/C29H35F3N6O4S/c1-4-38-26(13-19(16-33)27(40)35-18-29(30,31)32)43-24(28(38)41)11-12-34-20-7-5-8-21(14-20)36-25(39)17-37(2)22-9-6-10-23(15-22)42-3/h5-10,14-15,19,24,26,34H,4,11-13,17-18H2,1-3H3,(H,35,40)(H,36,39). The smallest absolute Gasteiger partial charge is 0.405 e. The molecule has 1 aliphatic rings. The summed E-state index contributed by atoms with van der Waals surface area (Å²) in [5.41, 5.74) is 2.18. The van der Waals surface area contributed by atoms with Gasteiger partial charge in [0.2, 0.25) is 17.7 Å². The summed E-state index contributed by atoms with van der Waals surface area (Å²) in [5, 5.41) is 16.3. The van der Waals surface area contributed by atoms with E-state index in [1.807, 2.05) is 37.4 Å². The van der Waals surface area contributed by atoms with Crippen LogP contribution in [-0.2, 0) is 14.4 Å². The van der Waals surface area contributed by atoms with Gasteiger partial charge in [-0.15, -0.1) is 11.8 Å². The van der Waals surface area contributed by atoms with E-state index in [1.54, 1.807) is 53.4 Å². The van der Waals surface area contributed by atoms with E-state index in [4.69, 9.17) is 4.74 Å². The number of nitrogens with zero attached hydrogens (tertiary/aromatic N) is 3. The monoisotopic (exact) mass is 620 g/mol. The van der Waals surface area contributed by atoms with Gasteiger partial charge in [-0.1, -0.05) is 12.1 Å². The maximum Gasteiger partial charge on any atom is 0.405 e. The topological polar surface area (TPSA) is 127 Å². The van der Waals surface area contributed by atoms with Crippen molar-refractivity contribution >= 4 is 46.5 Å². The molecule has 1 fully saturated rings. The van der Waals surface area contributed by atoms with Gasteiger partial charge in [-0.25, -0.2) is 0 Å². The number of likely N-dealkylation sites (N-methyl/N-ethyl adjacent to an activating group) is 1. The molecule has 1 aliphatic heterocycles. The summed E-state index contributed by atoms with van der Waals surface area (Å²) in [6.07, 6.45) is -4.21. The van der Waals surface area contributed by atoms with Crippen molar-refractivity contribution in [2.75, 3.05) is 55.9 Å². The highest BCUT2D eigenvalue weighted by molar-refractivity contribution is 8.01. The molecule has 3 N–H and O–H groups in total. The van der Waals surface area contributed by atoms with Gasteiger partial charge in [0.25, 0.3) is 0 Å². The van der Waals surface area contributed by atoms with Crippen LogP contribution in [0.15, 0.2) is 48.5 Å². The van der Waals surface area contributed by atoms with Crippen molar-refractivity contribution in [3.63, 3.8) is 0 Å². The van der Waals surface area contributed by atoms with Gasteiger partial charge in [0.1, 0.15) is 18.2 Å². The zero-order valence-corrected chi connectivity index (χ0v) is 24.9. The Labute approximate surface area is 252 Å². The van der Waals surface area contributed by atoms with Gasteiger partial charge in [-0.2, -0.15) is 18.4 Å². The molecule has 232 valence electrons. The summed E-state index contributed by atoms with van der Waals surface area (Å²) < 4.78 is 42.6. The van der Waals surface area contributed by atoms with E-state index in [0.717, 1.165) is 11.4 Å². The highest BCUT2D eigenvalue weighted by atomic mass is 32.2. The summed E-state index contributed by atoms with van der Waals surface area (Å²) in [4.78, 5) is 41.1. The molecular formula is C29H35F3N6O4S. The van der Waals surface area contributed by atoms with Gasteiger partial charge in [0.05, 0.1) is 30.3 Å². The zero-order valence-electron chi connectivity index (χ0n) is 24.1. The Hall–Kier alpha value is -4.12. The van der Waals surface area contributed by atoms with E-state index >= 15 is 0 Å². The maximum absolute atomic E-state index is 13.0. The fourth-order valence-electron chi connectivity index (χ4n) is 4.52. The van der Waals surface area contributed by atoms with E-state index in [0.29, 0.717) is 30.9 Å². The maximum atomic E-state index is 13.0. The van der Waals surface area contributed by atoms with Crippen molar-refractivity contribution in [1.82, 2.24) is 10.2 Å². The van der Waals surface area contributed by atoms with Crippen LogP contribution in [0.4, 0.5) is 30.2 Å². The van der Waals surface area contributed by atoms with Crippen molar-refractivity contribution in [3.8, 4) is 11.8 Å². The van der Waals surface area contributed by atoms with Crippen molar-refractivity contribution in [1.29, 1.82) is 5.26 Å². The third-order valence-electron chi connectivity index (χ3n) is 6.70. The molecule has 2 aromatic rings. The van der Waals surface area contributed by atoms with Gasteiger partial charge >= 0.3 is 6.18 Å². The highest BCUT2D eigenvalue weighted by Crippen LogP contribution is 2.37. The number of methoxy groups -OCH3 is 1. The molecule has 1 heterocycles. The molecule has 3 amide bonds. The molecule has 3 unspecified atom stereocenters. The van der Waals surface area contributed by atoms with Crippen LogP contribution in [-0.4, -0.2) is 79.8 Å². The van der Waals surface area contributed by atoms with Crippen molar-refractivity contribution in [2.45, 2.75) is 36.6 Å². The number of carbonyl (C=O) groups is 3. The lowest BCUT2D eigenvalue weighted by Crippen LogP contribution is -2.40. The molecule has 0 radical (unpaired) electrons. The summed E-state index contributed by atoms with van der Waals surface area (Å²) in [6, 6.07) is 16.3. The first-order chi connectivity index (χ1) is 20.4. The fourth-order valence-corrected chi connectivity index (χ4v) is 6.11. The van der Waals surface area contributed by atoms with E-state index in [-0.39, 0.29) is 24.8 Å². The Balaban J connectivity index is 1.50. The molecule has 0 aliphatic carbocycles. The molecule has 0 bridgehead atoms. The summed E-state index contributed by atoms with van der Waals surface area (Å²) in [5.74, 6) is -1.98. The number of thioether (sulfide) groups is 1. The van der Waals surface area contributed by atoms with Crippen LogP contribution in [0.3, 0.4) is 0 Å². The van der Waals surface area contributed by atoms with Crippen molar-refractivity contribution < 1.29 is 32.3 Å². The third kappa shape index (κ3) is 9.99. The average Bonchev–Trinajstić information content (AvgIpc) is 3.27. The second kappa shape index (κ2) is 15.4. The summed E-state index contributed by atoms with van der Waals surface area (Å²) in [6.45, 7) is 1.15. The number of hydrogen-bond donors (Lipinski definition) is 3. The average molecular weight is 621 g/mol. The number of ether oxygens (including phenoxy) is 1. The lowest BCUT2D eigenvalue weighted by Gasteiger charge is -2.23. The molecule has 2 aromatic carbocycles. The number of carbonyl (C=O) groups excluding carboxylic acids is 3. The number of nitrogens with one attached hydrogen (secondary N) is 3. The minimum absolute atomic E-state index is 0.0664. The van der Waals surface area contributed by atoms with Gasteiger partial charge in [-0.3, -0.25) is 14.4 Å². The molecule has 14 heteroatoms. The van der Waals surface area contributed by atoms with E-state index in [1.165, 1.54) is 11.8 Å². The quantitative estimate of drug-likeness (QED) is 0.289. The molecule has 3 rings (SSSR count). The largest absolute Gasteiger partial charge is 0.497 e. The lowest BCUT2D eigenvalue weighted by atomic mass is 10.1. The minimum atomic E-state index is -4.58. The van der Waals surface area contributed by atoms with Crippen molar-refractivity contribution in [3.05, 3.63) is 48.5 Å². The Morgan fingerprint density at radius 3 is 2.58 bits per heavy atom. The molecule has 10 nitrogen and oxygen atoms in total. The highest BCUT2D eigenvalue weighted by Gasteiger charge is 2.41. The number of rotatable bonds is 14. The second-order valence-electron chi connectivity index (χ2n) is 9.86. The minimum Gasteiger partial charge on any atom is -0.497 e. The van der Waals surface area contributed by atoms with Crippen LogP contribution in [0.25, 0.3) is 0 Å². The molecular weight excluding hydrogens is 585 g/mol. The number of halogens is 3. The number of alkyl halides is 3. The van der Waals surface area contributed by atoms with Gasteiger partial charge in [-0.05, 0) is 43.7 Å². The van der Waals surface area contributed by atoms with Crippen molar-refractivity contribution in [2.24, 2.45) is 5.92 Å². The van der Waals surface area contributed by atoms with E-state index in [2.05, 4.69) is 10.6 Å². The molecule has 0 aromatic heterocycles. The Kier molecular flexibility index (Phi) is 11.9. The van der Waals surface area contributed by atoms with Crippen LogP contribution in [0, 0.1) is 17.2 Å². The molecule has 1 saturated heterocycles. The molecule has 0 saturated carbocycles. The predicted octanol–water partition coefficient (Wildman–Crippen LogP) is 4.07. The van der Waals surface area contributed by atoms with Gasteiger partial charge in [0, 0.05) is 49.7 Å². The number of benzene rings is 2. The SMILES string of the molecule is CCN1C(=O)C(CCNc2cccc(NC(=O)CN(C)c3cccc(OC)c3)c2)SC1CC(C#N)C(=O)NCC(F)(F)F. The van der Waals surface area contributed by atoms with E-state index < -0.39 is 35.2 Å². The Morgan fingerprint density at radius 2 is 1.91 bits per heavy atom. The Morgan fingerprint density at radius 1 is 1.19 bits per heavy atom. The summed E-state index contributed by atoms with van der Waals surface area (Å²) >= 11 is 1.30. The van der Waals surface area contributed by atoms with Crippen LogP contribution >= 0.6 is 11.8 Å². The van der Waals surface area contributed by atoms with Gasteiger partial charge < -0.3 is 30.5 Å². The lowest BCUT2D eigenvalue weighted by molar-refractivity contribution is -0.140. The zero-order chi connectivity index (χ0) is 31.6.